The monoisotopic (exact) mass is 1610 g/mol. The number of H-pyrrole nitrogens is 2. The summed E-state index contributed by atoms with van der Waals surface area (Å²) in [7, 11) is 0. The first-order valence-electron chi connectivity index (χ1n) is 36.5. The van der Waals surface area contributed by atoms with Crippen molar-refractivity contribution < 1.29 is 20.4 Å². The molecular weight excluding hydrogens is 1520 g/mol. The molecule has 0 unspecified atom stereocenters. The molecule has 3 aliphatic rings. The van der Waals surface area contributed by atoms with Crippen LogP contribution in [0.2, 0.25) is 0 Å². The molecule has 9 N–H and O–H groups in total. The predicted molar refractivity (Wildman–Crippen MR) is 446 cm³/mol. The second kappa shape index (κ2) is 32.1. The van der Waals surface area contributed by atoms with Crippen molar-refractivity contribution >= 4 is 109 Å². The lowest BCUT2D eigenvalue weighted by molar-refractivity contribution is 0.0365. The first-order valence-corrected chi connectivity index (χ1v) is 37.3. The summed E-state index contributed by atoms with van der Waals surface area (Å²) in [4.78, 5) is 69.2. The third-order valence-electron chi connectivity index (χ3n) is 20.2. The number of halogens is 3. The van der Waals surface area contributed by atoms with Gasteiger partial charge in [0.15, 0.2) is 11.3 Å². The fraction of sp³-hybridized carbons (Fsp3) is 0.247. The molecule has 24 heteroatoms. The van der Waals surface area contributed by atoms with Gasteiger partial charge in [-0.1, -0.05) is 186 Å². The van der Waals surface area contributed by atoms with Gasteiger partial charge in [0.25, 0.3) is 0 Å². The Morgan fingerprint density at radius 2 is 0.826 bits per heavy atom. The molecule has 17 rings (SSSR count). The van der Waals surface area contributed by atoms with Gasteiger partial charge in [0.1, 0.15) is 17.0 Å². The highest BCUT2D eigenvalue weighted by atomic mass is 127. The van der Waals surface area contributed by atoms with Crippen LogP contribution < -0.4 is 39.0 Å². The Labute approximate surface area is 657 Å². The van der Waals surface area contributed by atoms with Gasteiger partial charge >= 0.3 is 23.6 Å². The van der Waals surface area contributed by atoms with E-state index in [0.717, 1.165) is 162 Å². The van der Waals surface area contributed by atoms with E-state index in [-0.39, 0.29) is 47.8 Å². The number of alkyl carbamates (subject to hydrolysis) is 2. The maximum absolute atomic E-state index is 12.6. The molecule has 3 aliphatic carbocycles. The Hall–Kier alpha value is -10.9. The van der Waals surface area contributed by atoms with E-state index in [9.17, 15) is 19.2 Å². The summed E-state index contributed by atoms with van der Waals surface area (Å²) in [5.74, 6) is 6.30. The molecule has 8 aromatic heterocycles. The molecule has 3 fully saturated rings. The van der Waals surface area contributed by atoms with Gasteiger partial charge in [-0.15, -0.1) is 24.8 Å². The van der Waals surface area contributed by atoms with Crippen molar-refractivity contribution in [2.24, 2.45) is 11.6 Å². The number of carbonyl (C=O) groups excluding carboxylic acids is 2. The average molecular weight is 1610 g/mol. The lowest BCUT2D eigenvalue weighted by atomic mass is 9.71. The number of hydrogen-bond donors (Lipinski definition) is 7. The van der Waals surface area contributed by atoms with Crippen molar-refractivity contribution in [1.29, 1.82) is 0 Å². The van der Waals surface area contributed by atoms with E-state index in [1.807, 2.05) is 155 Å². The number of aromatic amines is 2. The molecule has 2 amide bonds. The van der Waals surface area contributed by atoms with Crippen LogP contribution in [0.4, 0.5) is 15.4 Å². The second-order valence-electron chi connectivity index (χ2n) is 29.4. The van der Waals surface area contributed by atoms with E-state index in [0.29, 0.717) is 22.0 Å². The van der Waals surface area contributed by atoms with Gasteiger partial charge in [0, 0.05) is 75.0 Å². The molecule has 3 saturated carbocycles. The Morgan fingerprint density at radius 1 is 0.486 bits per heavy atom. The van der Waals surface area contributed by atoms with Crippen LogP contribution in [-0.4, -0.2) is 77.4 Å². The number of nitrogens with zero attached hydrogens (tertiary/aromatic N) is 8. The SMILES string of the molecule is CC(C)(C)OC(=O)NC1(c2ccc(-c3nc4ccn5c(=O)[nH]nc5c4cc3-c3ccccc3)cc2)CCC1.CC(C)(C)OC(=O)NC1(c2ccc(-c3nc4ccnc(NN)c4cc3-c3ccccc3)cc2)CCC1.Cl.Cl.NC1(c2ccc(-c3nc4ccn5c(=O)[nH]nc5c4cc3-c3ccccc3)cc2)CCC1.[2H]CI. The number of anilines is 1. The first-order chi connectivity index (χ1) is 52.0. The number of hydrazine groups is 1. The lowest BCUT2D eigenvalue weighted by Crippen LogP contribution is -2.52. The Kier molecular flexibility index (Phi) is 22.5. The van der Waals surface area contributed by atoms with Gasteiger partial charge in [0.2, 0.25) is 0 Å². The van der Waals surface area contributed by atoms with Crippen molar-refractivity contribution in [1.82, 2.24) is 59.8 Å². The van der Waals surface area contributed by atoms with E-state index in [2.05, 4.69) is 151 Å². The normalized spacial score (nSPS) is 14.5. The number of pyridine rings is 6. The quantitative estimate of drug-likeness (QED) is 0.0259. The maximum atomic E-state index is 12.6. The zero-order valence-electron chi connectivity index (χ0n) is 62.2. The number of fused-ring (bicyclic) bond motifs is 7. The highest BCUT2D eigenvalue weighted by molar-refractivity contribution is 14.1. The van der Waals surface area contributed by atoms with Crippen molar-refractivity contribution in [3.8, 4) is 67.2 Å². The second-order valence-corrected chi connectivity index (χ2v) is 29.4. The third-order valence-corrected chi connectivity index (χ3v) is 20.2. The number of hydrogen-bond acceptors (Lipinski definition) is 15. The van der Waals surface area contributed by atoms with Gasteiger partial charge in [0.05, 0.1) is 44.7 Å². The fourth-order valence-corrected chi connectivity index (χ4v) is 14.3. The van der Waals surface area contributed by atoms with Crippen molar-refractivity contribution in [2.75, 3.05) is 10.3 Å². The minimum atomic E-state index is -0.552. The lowest BCUT2D eigenvalue weighted by Gasteiger charge is -2.43. The van der Waals surface area contributed by atoms with Crippen LogP contribution in [0.3, 0.4) is 0 Å². The minimum absolute atomic E-state index is 0. The van der Waals surface area contributed by atoms with E-state index in [1.54, 1.807) is 18.6 Å². The number of aromatic nitrogens is 10. The molecule has 0 radical (unpaired) electrons. The topological polar surface area (TPSA) is 293 Å². The van der Waals surface area contributed by atoms with Crippen LogP contribution in [-0.2, 0) is 26.1 Å². The molecule has 558 valence electrons. The highest BCUT2D eigenvalue weighted by Crippen LogP contribution is 2.46. The summed E-state index contributed by atoms with van der Waals surface area (Å²) in [6, 6.07) is 67.3. The Bertz CT molecular complexity index is 5750. The van der Waals surface area contributed by atoms with Gasteiger partial charge in [-0.3, -0.25) is 0 Å². The number of ether oxygens (including phenoxy) is 2. The number of benzene rings is 6. The van der Waals surface area contributed by atoms with Crippen molar-refractivity contribution in [2.45, 2.75) is 127 Å². The number of amides is 2. The maximum Gasteiger partial charge on any atom is 0.408 e. The molecule has 0 atom stereocenters. The van der Waals surface area contributed by atoms with Crippen LogP contribution in [0.5, 0.6) is 0 Å². The predicted octanol–water partition coefficient (Wildman–Crippen LogP) is 18.1. The highest BCUT2D eigenvalue weighted by Gasteiger charge is 2.43. The van der Waals surface area contributed by atoms with Crippen LogP contribution in [0.15, 0.2) is 228 Å². The molecule has 6 aromatic carbocycles. The Balaban J connectivity index is 0.000000150. The number of rotatable bonds is 12. The number of nitrogen functional groups attached to an aromatic ring is 1. The van der Waals surface area contributed by atoms with Crippen LogP contribution in [0, 0.1) is 0 Å². The summed E-state index contributed by atoms with van der Waals surface area (Å²) in [5.41, 5.74) is 25.0. The molecule has 109 heavy (non-hydrogen) atoms. The van der Waals surface area contributed by atoms with Gasteiger partial charge in [-0.2, -0.15) is 10.2 Å². The molecule has 0 bridgehead atoms. The molecule has 0 saturated heterocycles. The molecule has 14 aromatic rings. The molecule has 0 aliphatic heterocycles. The zero-order valence-corrected chi connectivity index (χ0v) is 65.0. The number of nitrogens with two attached hydrogens (primary N) is 2. The molecular formula is C85H86Cl2IN15O6. The molecule has 8 heterocycles. The number of carbonyl (C=O) groups is 2. The van der Waals surface area contributed by atoms with E-state index >= 15 is 0 Å². The Morgan fingerprint density at radius 3 is 1.15 bits per heavy atom. The van der Waals surface area contributed by atoms with E-state index in [1.165, 1.54) is 20.8 Å². The largest absolute Gasteiger partial charge is 0.444 e. The first kappa shape index (κ1) is 76.3. The van der Waals surface area contributed by atoms with E-state index < -0.39 is 28.4 Å². The van der Waals surface area contributed by atoms with Crippen molar-refractivity contribution in [3.63, 3.8) is 0 Å². The van der Waals surface area contributed by atoms with E-state index in [4.69, 9.17) is 37.4 Å². The summed E-state index contributed by atoms with van der Waals surface area (Å²) in [6.45, 7) is 11.2. The third kappa shape index (κ3) is 16.2. The van der Waals surface area contributed by atoms with Crippen molar-refractivity contribution in [3.05, 3.63) is 256 Å². The summed E-state index contributed by atoms with van der Waals surface area (Å²) in [5, 5.41) is 22.2. The summed E-state index contributed by atoms with van der Waals surface area (Å²) in [6.07, 6.45) is 13.2. The standard InChI is InChI=1S/C30H29N5O3.C29H31N5O2.C25H21N5O.CH3I.2ClH/c1-29(2,3)38-28(37)32-30(15-7-16-30)21-12-10-20(11-13-21)25-22(19-8-5-4-6-9-19)18-23-24(31-25)14-17-35-26(23)33-34-27(35)36;1-28(2,3)36-27(35)33-29(15-7-16-29)21-12-10-20(11-13-21)25-22(19-8-5-4-6-9-19)18-23-24(32-25)14-17-31-26(23)34-30;26-25(12-4-13-25)18-9-7-17(8-10-18)22-19(16-5-2-1-3-6-16)15-20-21(27-22)11-14-30-23(20)28-29-24(30)31;1-2;;/h4-6,8-14,17-18H,7,15-16H2,1-3H3,(H,32,37)(H,34,36);4-6,8-14,17-18H,7,15-16,30H2,1-3H3,(H,31,34)(H,33,35);1-3,5-11,14-15H,4,12-13,26H2,(H,29,31);1H3;2*1H/i;;;1D;;. The smallest absolute Gasteiger partial charge is 0.408 e. The van der Waals surface area contributed by atoms with Gasteiger partial charge < -0.3 is 31.3 Å². The number of nitrogens with one attached hydrogen (secondary N) is 5. The van der Waals surface area contributed by atoms with Crippen LogP contribution in [0.1, 0.15) is 117 Å². The zero-order chi connectivity index (χ0) is 75.5. The number of alkyl halides is 1. The summed E-state index contributed by atoms with van der Waals surface area (Å²) < 4.78 is 20.3. The molecule has 21 nitrogen and oxygen atoms in total. The summed E-state index contributed by atoms with van der Waals surface area (Å²) >= 11 is 1.96. The van der Waals surface area contributed by atoms with Crippen LogP contribution in [0.25, 0.3) is 111 Å². The van der Waals surface area contributed by atoms with Crippen LogP contribution >= 0.6 is 47.4 Å². The minimum Gasteiger partial charge on any atom is -0.444 e. The van der Waals surface area contributed by atoms with Gasteiger partial charge in [-0.05, 0) is 174 Å². The van der Waals surface area contributed by atoms with Gasteiger partial charge in [-0.25, -0.2) is 64.0 Å². The average Bonchev–Trinajstić information content (AvgIpc) is 1.35. The fourth-order valence-electron chi connectivity index (χ4n) is 14.3. The molecule has 0 spiro atoms.